The number of methoxy groups -OCH3 is 1. The molecule has 1 aliphatic rings. The van der Waals surface area contributed by atoms with Gasteiger partial charge in [-0.25, -0.2) is 9.80 Å². The lowest BCUT2D eigenvalue weighted by atomic mass is 9.92. The maximum Gasteiger partial charge on any atom is 0.338 e. The minimum absolute atomic E-state index is 0.176. The molecule has 0 saturated heterocycles. The Morgan fingerprint density at radius 1 is 1.28 bits per heavy atom. The highest BCUT2D eigenvalue weighted by atomic mass is 16.5. The standard InChI is InChI=1S/C19H22N4O2/c1-4-21-19(24)23-12(2)16-10-9-15(25-3)11-17(16)18(22-23)13-5-7-14(20)8-6-13/h5-12H,4,20H2,1-3H3,(H,21,24). The quantitative estimate of drug-likeness (QED) is 0.844. The number of carbonyl (C=O) groups excluding carboxylic acids is 1. The number of carbonyl (C=O) groups is 1. The molecule has 2 amide bonds. The van der Waals surface area contributed by atoms with Gasteiger partial charge in [0.25, 0.3) is 0 Å². The third-order valence-electron chi connectivity index (χ3n) is 4.26. The maximum atomic E-state index is 12.4. The van der Waals surface area contributed by atoms with Gasteiger partial charge in [0.15, 0.2) is 0 Å². The molecule has 6 nitrogen and oxygen atoms in total. The van der Waals surface area contributed by atoms with Crippen molar-refractivity contribution >= 4 is 17.4 Å². The number of rotatable bonds is 3. The largest absolute Gasteiger partial charge is 0.497 e. The van der Waals surface area contributed by atoms with Crippen LogP contribution in [0.25, 0.3) is 0 Å². The van der Waals surface area contributed by atoms with Crippen molar-refractivity contribution in [2.45, 2.75) is 19.9 Å². The molecule has 0 bridgehead atoms. The van der Waals surface area contributed by atoms with Crippen molar-refractivity contribution in [3.63, 3.8) is 0 Å². The lowest BCUT2D eigenvalue weighted by Crippen LogP contribution is -2.41. The topological polar surface area (TPSA) is 80.0 Å². The van der Waals surface area contributed by atoms with Gasteiger partial charge in [0, 0.05) is 23.4 Å². The summed E-state index contributed by atoms with van der Waals surface area (Å²) in [6.45, 7) is 4.39. The van der Waals surface area contributed by atoms with Gasteiger partial charge in [-0.15, -0.1) is 0 Å². The molecule has 6 heteroatoms. The number of amides is 2. The number of benzene rings is 2. The first-order chi connectivity index (χ1) is 12.0. The second-order valence-corrected chi connectivity index (χ2v) is 5.88. The zero-order valence-corrected chi connectivity index (χ0v) is 14.6. The number of urea groups is 1. The highest BCUT2D eigenvalue weighted by Crippen LogP contribution is 2.33. The van der Waals surface area contributed by atoms with Gasteiger partial charge >= 0.3 is 6.03 Å². The Labute approximate surface area is 147 Å². The number of fused-ring (bicyclic) bond motifs is 1. The van der Waals surface area contributed by atoms with Crippen LogP contribution in [-0.4, -0.2) is 30.4 Å². The second-order valence-electron chi connectivity index (χ2n) is 5.88. The average molecular weight is 338 g/mol. The van der Waals surface area contributed by atoms with Gasteiger partial charge in [-0.1, -0.05) is 18.2 Å². The second kappa shape index (κ2) is 6.84. The first-order valence-corrected chi connectivity index (χ1v) is 8.25. The summed E-state index contributed by atoms with van der Waals surface area (Å²) in [7, 11) is 1.63. The molecule has 0 radical (unpaired) electrons. The third kappa shape index (κ3) is 3.15. The summed E-state index contributed by atoms with van der Waals surface area (Å²) in [5.74, 6) is 0.751. The van der Waals surface area contributed by atoms with Crippen LogP contribution >= 0.6 is 0 Å². The number of nitrogens with two attached hydrogens (primary N) is 1. The third-order valence-corrected chi connectivity index (χ3v) is 4.26. The van der Waals surface area contributed by atoms with E-state index in [9.17, 15) is 4.79 Å². The van der Waals surface area contributed by atoms with E-state index in [0.717, 1.165) is 28.2 Å². The highest BCUT2D eigenvalue weighted by Gasteiger charge is 2.30. The van der Waals surface area contributed by atoms with E-state index in [0.29, 0.717) is 12.2 Å². The number of hydrazone groups is 1. The van der Waals surface area contributed by atoms with Crippen LogP contribution in [0.2, 0.25) is 0 Å². The summed E-state index contributed by atoms with van der Waals surface area (Å²) in [6, 6.07) is 12.9. The number of nitrogens with zero attached hydrogens (tertiary/aromatic N) is 2. The molecule has 25 heavy (non-hydrogen) atoms. The van der Waals surface area contributed by atoms with Crippen LogP contribution < -0.4 is 15.8 Å². The molecule has 0 aromatic heterocycles. The lowest BCUT2D eigenvalue weighted by molar-refractivity contribution is 0.181. The van der Waals surface area contributed by atoms with E-state index in [4.69, 9.17) is 10.5 Å². The number of hydrogen-bond acceptors (Lipinski definition) is 4. The van der Waals surface area contributed by atoms with Crippen LogP contribution in [0.1, 0.15) is 36.6 Å². The smallest absolute Gasteiger partial charge is 0.338 e. The number of nitrogen functional groups attached to an aromatic ring is 1. The van der Waals surface area contributed by atoms with Gasteiger partial charge in [0.1, 0.15) is 5.75 Å². The zero-order valence-electron chi connectivity index (χ0n) is 14.6. The van der Waals surface area contributed by atoms with Crippen LogP contribution in [0.15, 0.2) is 47.6 Å². The Bertz CT molecular complexity index is 815. The molecule has 130 valence electrons. The van der Waals surface area contributed by atoms with E-state index in [1.54, 1.807) is 7.11 Å². The fourth-order valence-electron chi connectivity index (χ4n) is 2.92. The Hall–Kier alpha value is -3.02. The fourth-order valence-corrected chi connectivity index (χ4v) is 2.92. The van der Waals surface area contributed by atoms with Crippen molar-refractivity contribution in [3.05, 3.63) is 59.2 Å². The van der Waals surface area contributed by atoms with Crippen molar-refractivity contribution in [3.8, 4) is 5.75 Å². The highest BCUT2D eigenvalue weighted by molar-refractivity contribution is 6.15. The van der Waals surface area contributed by atoms with Gasteiger partial charge in [-0.2, -0.15) is 5.10 Å². The fraction of sp³-hybridized carbons (Fsp3) is 0.263. The minimum Gasteiger partial charge on any atom is -0.497 e. The van der Waals surface area contributed by atoms with Gasteiger partial charge < -0.3 is 15.8 Å². The number of hydrogen-bond donors (Lipinski definition) is 2. The summed E-state index contributed by atoms with van der Waals surface area (Å²) in [4.78, 5) is 12.4. The van der Waals surface area contributed by atoms with E-state index in [1.165, 1.54) is 5.01 Å². The average Bonchev–Trinajstić information content (AvgIpc) is 2.63. The van der Waals surface area contributed by atoms with E-state index in [-0.39, 0.29) is 12.1 Å². The van der Waals surface area contributed by atoms with Crippen LogP contribution in [0, 0.1) is 0 Å². The number of anilines is 1. The molecule has 0 fully saturated rings. The van der Waals surface area contributed by atoms with Gasteiger partial charge in [0.05, 0.1) is 18.9 Å². The van der Waals surface area contributed by atoms with E-state index in [1.807, 2.05) is 56.3 Å². The summed E-state index contributed by atoms with van der Waals surface area (Å²) < 4.78 is 5.36. The molecule has 2 aromatic carbocycles. The summed E-state index contributed by atoms with van der Waals surface area (Å²) >= 11 is 0. The number of nitrogens with one attached hydrogen (secondary N) is 1. The molecule has 1 aliphatic heterocycles. The molecule has 2 aromatic rings. The van der Waals surface area contributed by atoms with E-state index in [2.05, 4.69) is 10.4 Å². The van der Waals surface area contributed by atoms with Gasteiger partial charge in [-0.05, 0) is 43.7 Å². The Kier molecular flexibility index (Phi) is 4.61. The van der Waals surface area contributed by atoms with E-state index < -0.39 is 0 Å². The predicted octanol–water partition coefficient (Wildman–Crippen LogP) is 3.14. The van der Waals surface area contributed by atoms with Crippen molar-refractivity contribution in [1.82, 2.24) is 10.3 Å². The van der Waals surface area contributed by atoms with Gasteiger partial charge in [0.2, 0.25) is 0 Å². The Morgan fingerprint density at radius 3 is 2.64 bits per heavy atom. The van der Waals surface area contributed by atoms with Gasteiger partial charge in [-0.3, -0.25) is 0 Å². The summed E-state index contributed by atoms with van der Waals surface area (Å²) in [5.41, 5.74) is 10.1. The van der Waals surface area contributed by atoms with Crippen LogP contribution in [0.3, 0.4) is 0 Å². The molecule has 3 N–H and O–H groups in total. The molecular formula is C19H22N4O2. The normalized spacial score (nSPS) is 16.0. The predicted molar refractivity (Wildman–Crippen MR) is 98.8 cm³/mol. The van der Waals surface area contributed by atoms with E-state index >= 15 is 0 Å². The molecule has 0 spiro atoms. The first kappa shape index (κ1) is 16.8. The summed E-state index contributed by atoms with van der Waals surface area (Å²) in [5, 5.41) is 8.95. The molecule has 0 aliphatic carbocycles. The molecule has 1 atom stereocenters. The number of ether oxygens (including phenoxy) is 1. The van der Waals surface area contributed by atoms with Crippen LogP contribution in [0.4, 0.5) is 10.5 Å². The maximum absolute atomic E-state index is 12.4. The first-order valence-electron chi connectivity index (χ1n) is 8.25. The zero-order chi connectivity index (χ0) is 18.0. The van der Waals surface area contributed by atoms with Crippen molar-refractivity contribution in [1.29, 1.82) is 0 Å². The molecule has 1 heterocycles. The Morgan fingerprint density at radius 2 is 2.00 bits per heavy atom. The molecule has 3 rings (SSSR count). The van der Waals surface area contributed by atoms with Crippen molar-refractivity contribution in [2.75, 3.05) is 19.4 Å². The summed E-state index contributed by atoms with van der Waals surface area (Å²) in [6.07, 6.45) is 0. The van der Waals surface area contributed by atoms with Crippen molar-refractivity contribution in [2.24, 2.45) is 5.10 Å². The monoisotopic (exact) mass is 338 g/mol. The van der Waals surface area contributed by atoms with Crippen molar-refractivity contribution < 1.29 is 9.53 Å². The van der Waals surface area contributed by atoms with Crippen LogP contribution in [0.5, 0.6) is 5.75 Å². The van der Waals surface area contributed by atoms with Crippen LogP contribution in [-0.2, 0) is 0 Å². The lowest BCUT2D eigenvalue weighted by Gasteiger charge is -2.32. The Balaban J connectivity index is 2.15. The molecule has 0 saturated carbocycles. The SMILES string of the molecule is CCNC(=O)N1N=C(c2ccc(N)cc2)c2cc(OC)ccc2C1C. The minimum atomic E-state index is -0.218. The molecule has 1 unspecified atom stereocenters. The molecular weight excluding hydrogens is 316 g/mol.